The molecule has 2 saturated heterocycles. The molecule has 4 rings (SSSR count). The van der Waals surface area contributed by atoms with Crippen molar-refractivity contribution >= 4 is 11.8 Å². The number of hydrogen-bond donors (Lipinski definition) is 1. The topological polar surface area (TPSA) is 114 Å². The maximum absolute atomic E-state index is 12.4. The molecule has 0 spiro atoms. The van der Waals surface area contributed by atoms with Crippen molar-refractivity contribution in [3.63, 3.8) is 0 Å². The van der Waals surface area contributed by atoms with Crippen LogP contribution in [0.2, 0.25) is 0 Å². The Bertz CT molecular complexity index is 756. The number of nitrogens with zero attached hydrogens (tertiary/aromatic N) is 5. The lowest BCUT2D eigenvalue weighted by molar-refractivity contribution is -0.147. The third-order valence-corrected chi connectivity index (χ3v) is 4.33. The van der Waals surface area contributed by atoms with Crippen LogP contribution in [0, 0.1) is 5.92 Å². The predicted molar refractivity (Wildman–Crippen MR) is 80.4 cm³/mol. The Kier molecular flexibility index (Phi) is 3.68. The van der Waals surface area contributed by atoms with E-state index in [9.17, 15) is 9.59 Å². The Balaban J connectivity index is 1.38. The third-order valence-electron chi connectivity index (χ3n) is 4.33. The highest BCUT2D eigenvalue weighted by Gasteiger charge is 2.41. The van der Waals surface area contributed by atoms with E-state index in [1.807, 2.05) is 0 Å². The molecule has 2 aliphatic rings. The fraction of sp³-hybridized carbons (Fsp3) is 0.467. The molecular formula is C15H16N6O3. The molecule has 2 fully saturated rings. The average Bonchev–Trinajstić information content (AvgIpc) is 3.04. The fourth-order valence-electron chi connectivity index (χ4n) is 2.95. The quantitative estimate of drug-likeness (QED) is 0.787. The molecule has 0 aliphatic carbocycles. The molecule has 2 amide bonds. The average molecular weight is 328 g/mol. The van der Waals surface area contributed by atoms with E-state index in [0.29, 0.717) is 43.6 Å². The minimum Gasteiger partial charge on any atom is -0.355 e. The largest absolute Gasteiger partial charge is 0.355 e. The molecule has 24 heavy (non-hydrogen) atoms. The van der Waals surface area contributed by atoms with E-state index in [0.717, 1.165) is 6.42 Å². The molecular weight excluding hydrogens is 312 g/mol. The second kappa shape index (κ2) is 5.99. The van der Waals surface area contributed by atoms with E-state index < -0.39 is 5.92 Å². The molecule has 2 aromatic heterocycles. The molecule has 1 unspecified atom stereocenters. The maximum Gasteiger partial charge on any atom is 0.240 e. The summed E-state index contributed by atoms with van der Waals surface area (Å²) < 4.78 is 5.26. The number of carbonyl (C=O) groups excluding carboxylic acids is 2. The van der Waals surface area contributed by atoms with Gasteiger partial charge in [-0.3, -0.25) is 9.59 Å². The van der Waals surface area contributed by atoms with Crippen LogP contribution >= 0.6 is 0 Å². The van der Waals surface area contributed by atoms with Gasteiger partial charge in [0.15, 0.2) is 0 Å². The molecule has 0 radical (unpaired) electrons. The highest BCUT2D eigenvalue weighted by atomic mass is 16.5. The highest BCUT2D eigenvalue weighted by molar-refractivity contribution is 6.01. The van der Waals surface area contributed by atoms with Gasteiger partial charge in [-0.1, -0.05) is 5.16 Å². The van der Waals surface area contributed by atoms with Crippen molar-refractivity contribution in [2.24, 2.45) is 5.92 Å². The molecule has 2 aliphatic heterocycles. The van der Waals surface area contributed by atoms with Gasteiger partial charge in [0, 0.05) is 32.0 Å². The number of likely N-dealkylation sites (tertiary alicyclic amines) is 1. The fourth-order valence-corrected chi connectivity index (χ4v) is 2.95. The van der Waals surface area contributed by atoms with Gasteiger partial charge in [-0.2, -0.15) is 4.98 Å². The van der Waals surface area contributed by atoms with Crippen molar-refractivity contribution < 1.29 is 14.1 Å². The zero-order chi connectivity index (χ0) is 16.5. The Hall–Kier alpha value is -2.84. The number of piperidine rings is 1. The maximum atomic E-state index is 12.4. The number of nitrogens with one attached hydrogen (secondary N) is 1. The zero-order valence-electron chi connectivity index (χ0n) is 12.9. The third kappa shape index (κ3) is 2.61. The molecule has 0 bridgehead atoms. The Morgan fingerprint density at radius 2 is 2.04 bits per heavy atom. The van der Waals surface area contributed by atoms with E-state index in [2.05, 4.69) is 25.4 Å². The van der Waals surface area contributed by atoms with Crippen molar-refractivity contribution in [3.05, 3.63) is 24.4 Å². The second-order valence-electron chi connectivity index (χ2n) is 5.95. The van der Waals surface area contributed by atoms with Crippen LogP contribution < -0.4 is 5.32 Å². The first-order valence-electron chi connectivity index (χ1n) is 7.90. The number of amides is 2. The molecule has 0 saturated carbocycles. The number of carbonyl (C=O) groups is 2. The summed E-state index contributed by atoms with van der Waals surface area (Å²) in [5.74, 6) is 0.349. The lowest BCUT2D eigenvalue weighted by Crippen LogP contribution is -2.54. The smallest absolute Gasteiger partial charge is 0.240 e. The van der Waals surface area contributed by atoms with E-state index in [4.69, 9.17) is 4.52 Å². The molecule has 0 aromatic carbocycles. The van der Waals surface area contributed by atoms with Gasteiger partial charge in [0.1, 0.15) is 5.92 Å². The van der Waals surface area contributed by atoms with Gasteiger partial charge < -0.3 is 14.7 Å². The summed E-state index contributed by atoms with van der Waals surface area (Å²) in [5.41, 5.74) is 0. The number of hydrogen-bond acceptors (Lipinski definition) is 7. The second-order valence-corrected chi connectivity index (χ2v) is 5.95. The molecule has 124 valence electrons. The van der Waals surface area contributed by atoms with E-state index in [-0.39, 0.29) is 17.7 Å². The van der Waals surface area contributed by atoms with Gasteiger partial charge in [-0.25, -0.2) is 9.97 Å². The van der Waals surface area contributed by atoms with Crippen LogP contribution in [0.15, 0.2) is 23.0 Å². The van der Waals surface area contributed by atoms with Crippen molar-refractivity contribution in [1.29, 1.82) is 0 Å². The SMILES string of the molecule is O=C1NCCCC1C(=O)N1CC(c2nc(-c3ncccn3)no2)C1. The first-order valence-corrected chi connectivity index (χ1v) is 7.90. The van der Waals surface area contributed by atoms with Gasteiger partial charge in [0.05, 0.1) is 5.92 Å². The minimum atomic E-state index is -0.560. The van der Waals surface area contributed by atoms with Crippen LogP contribution in [0.1, 0.15) is 24.7 Å². The molecule has 9 nitrogen and oxygen atoms in total. The van der Waals surface area contributed by atoms with Crippen molar-refractivity contribution in [1.82, 2.24) is 30.3 Å². The van der Waals surface area contributed by atoms with Crippen molar-refractivity contribution in [2.45, 2.75) is 18.8 Å². The molecule has 1 atom stereocenters. The first kappa shape index (κ1) is 14.7. The summed E-state index contributed by atoms with van der Waals surface area (Å²) in [4.78, 5) is 38.3. The monoisotopic (exact) mass is 328 g/mol. The van der Waals surface area contributed by atoms with Gasteiger partial charge in [0.2, 0.25) is 29.4 Å². The van der Waals surface area contributed by atoms with Crippen LogP contribution in [0.25, 0.3) is 11.6 Å². The molecule has 2 aromatic rings. The van der Waals surface area contributed by atoms with Gasteiger partial charge in [-0.15, -0.1) is 0 Å². The Morgan fingerprint density at radius 1 is 1.25 bits per heavy atom. The summed E-state index contributed by atoms with van der Waals surface area (Å²) in [7, 11) is 0. The normalized spacial score (nSPS) is 21.2. The van der Waals surface area contributed by atoms with Crippen molar-refractivity contribution in [2.75, 3.05) is 19.6 Å². The lowest BCUT2D eigenvalue weighted by Gasteiger charge is -2.39. The Morgan fingerprint density at radius 3 is 2.79 bits per heavy atom. The summed E-state index contributed by atoms with van der Waals surface area (Å²) in [6.45, 7) is 1.62. The predicted octanol–water partition coefficient (Wildman–Crippen LogP) is -0.0214. The summed E-state index contributed by atoms with van der Waals surface area (Å²) >= 11 is 0. The van der Waals surface area contributed by atoms with Crippen LogP contribution in [-0.4, -0.2) is 56.5 Å². The van der Waals surface area contributed by atoms with Crippen LogP contribution in [0.5, 0.6) is 0 Å². The summed E-state index contributed by atoms with van der Waals surface area (Å²) in [6, 6.07) is 1.71. The van der Waals surface area contributed by atoms with Gasteiger partial charge in [0.25, 0.3) is 0 Å². The molecule has 9 heteroatoms. The minimum absolute atomic E-state index is 0.00874. The number of aromatic nitrogens is 4. The van der Waals surface area contributed by atoms with Crippen LogP contribution in [0.3, 0.4) is 0 Å². The van der Waals surface area contributed by atoms with E-state index >= 15 is 0 Å². The van der Waals surface area contributed by atoms with E-state index in [1.165, 1.54) is 0 Å². The standard InChI is InChI=1S/C15H16N6O3/c22-13-10(3-1-4-18-13)15(23)21-7-9(8-21)14-19-12(20-24-14)11-16-5-2-6-17-11/h2,5-6,9-10H,1,3-4,7-8H2,(H,18,22). The van der Waals surface area contributed by atoms with Crippen molar-refractivity contribution in [3.8, 4) is 11.6 Å². The Labute approximate surface area is 137 Å². The lowest BCUT2D eigenvalue weighted by atomic mass is 9.92. The highest BCUT2D eigenvalue weighted by Crippen LogP contribution is 2.29. The van der Waals surface area contributed by atoms with Gasteiger partial charge >= 0.3 is 0 Å². The van der Waals surface area contributed by atoms with Gasteiger partial charge in [-0.05, 0) is 18.9 Å². The summed E-state index contributed by atoms with van der Waals surface area (Å²) in [5, 5.41) is 6.62. The number of rotatable bonds is 3. The zero-order valence-corrected chi connectivity index (χ0v) is 12.9. The van der Waals surface area contributed by atoms with Crippen LogP contribution in [-0.2, 0) is 9.59 Å². The first-order chi connectivity index (χ1) is 11.7. The molecule has 4 heterocycles. The molecule has 1 N–H and O–H groups in total. The van der Waals surface area contributed by atoms with E-state index in [1.54, 1.807) is 23.4 Å². The summed E-state index contributed by atoms with van der Waals surface area (Å²) in [6.07, 6.45) is 4.67. The van der Waals surface area contributed by atoms with Crippen LogP contribution in [0.4, 0.5) is 0 Å².